The van der Waals surface area contributed by atoms with Crippen LogP contribution in [0, 0.1) is 0 Å². The highest BCUT2D eigenvalue weighted by molar-refractivity contribution is 14.0. The number of para-hydroxylation sites is 1. The lowest BCUT2D eigenvalue weighted by Gasteiger charge is -2.19. The first-order chi connectivity index (χ1) is 13.7. The Hall–Kier alpha value is -2.16. The molecular weight excluding hydrogens is 479 g/mol. The minimum Gasteiger partial charge on any atom is -0.493 e. The number of nitrogens with zero attached hydrogens (tertiary/aromatic N) is 2. The first kappa shape index (κ1) is 24.9. The van der Waals surface area contributed by atoms with Gasteiger partial charge in [-0.15, -0.1) is 24.0 Å². The summed E-state index contributed by atoms with van der Waals surface area (Å²) in [6, 6.07) is 16.4. The second kappa shape index (κ2) is 13.9. The molecular formula is C22H33IN4O2. The van der Waals surface area contributed by atoms with E-state index in [0.717, 1.165) is 49.0 Å². The highest BCUT2D eigenvalue weighted by atomic mass is 127. The Morgan fingerprint density at radius 2 is 1.69 bits per heavy atom. The number of nitrogens with one attached hydrogen (secondary N) is 2. The molecule has 0 radical (unpaired) electrons. The third kappa shape index (κ3) is 8.39. The molecule has 2 aromatic rings. The van der Waals surface area contributed by atoms with Crippen LogP contribution in [-0.4, -0.2) is 47.4 Å². The van der Waals surface area contributed by atoms with Crippen molar-refractivity contribution in [2.45, 2.75) is 19.4 Å². The van der Waals surface area contributed by atoms with Crippen molar-refractivity contribution in [1.29, 1.82) is 0 Å². The van der Waals surface area contributed by atoms with Crippen molar-refractivity contribution < 1.29 is 9.47 Å². The largest absolute Gasteiger partial charge is 0.493 e. The zero-order valence-electron chi connectivity index (χ0n) is 17.8. The van der Waals surface area contributed by atoms with Gasteiger partial charge in [0.15, 0.2) is 17.5 Å². The average molecular weight is 512 g/mol. The van der Waals surface area contributed by atoms with Crippen molar-refractivity contribution in [2.24, 2.45) is 4.99 Å². The van der Waals surface area contributed by atoms with Crippen molar-refractivity contribution in [3.8, 4) is 11.5 Å². The number of rotatable bonds is 10. The molecule has 160 valence electrons. The number of halogens is 1. The molecule has 0 aromatic heterocycles. The number of guanidine groups is 1. The number of aliphatic imine (C=N–C) groups is 1. The second-order valence-corrected chi connectivity index (χ2v) is 6.51. The summed E-state index contributed by atoms with van der Waals surface area (Å²) in [6.07, 6.45) is 2.19. The van der Waals surface area contributed by atoms with Crippen molar-refractivity contribution >= 4 is 35.6 Å². The Morgan fingerprint density at radius 1 is 0.966 bits per heavy atom. The van der Waals surface area contributed by atoms with Gasteiger partial charge in [0.2, 0.25) is 0 Å². The van der Waals surface area contributed by atoms with Crippen LogP contribution in [-0.2, 0) is 6.54 Å². The molecule has 2 N–H and O–H groups in total. The molecule has 0 unspecified atom stereocenters. The van der Waals surface area contributed by atoms with Crippen LogP contribution in [0.4, 0.5) is 5.69 Å². The fourth-order valence-corrected chi connectivity index (χ4v) is 2.89. The lowest BCUT2D eigenvalue weighted by molar-refractivity contribution is 0.354. The number of unbranched alkanes of at least 4 members (excludes halogenated alkanes) is 1. The van der Waals surface area contributed by atoms with Crippen molar-refractivity contribution in [2.75, 3.05) is 46.3 Å². The summed E-state index contributed by atoms with van der Waals surface area (Å²) in [5.41, 5.74) is 2.35. The van der Waals surface area contributed by atoms with Crippen LogP contribution < -0.4 is 25.0 Å². The van der Waals surface area contributed by atoms with Crippen LogP contribution in [0.1, 0.15) is 18.4 Å². The van der Waals surface area contributed by atoms with E-state index in [1.807, 2.05) is 24.3 Å². The standard InChI is InChI=1S/C22H32N4O2.HI/c1-23-22(25-17-18-12-13-20(27-3)21(16-18)28-4)24-14-8-9-15-26(2)19-10-6-5-7-11-19;/h5-7,10-13,16H,8-9,14-15,17H2,1-4H3,(H2,23,24,25);1H. The first-order valence-corrected chi connectivity index (χ1v) is 9.59. The molecule has 0 saturated heterocycles. The molecule has 0 amide bonds. The smallest absolute Gasteiger partial charge is 0.191 e. The molecule has 0 atom stereocenters. The van der Waals surface area contributed by atoms with Gasteiger partial charge in [-0.2, -0.15) is 0 Å². The number of ether oxygens (including phenoxy) is 2. The molecule has 0 fully saturated rings. The molecule has 0 bridgehead atoms. The number of hydrogen-bond acceptors (Lipinski definition) is 4. The maximum absolute atomic E-state index is 5.35. The van der Waals surface area contributed by atoms with Crippen molar-refractivity contribution in [3.05, 3.63) is 54.1 Å². The van der Waals surface area contributed by atoms with E-state index >= 15 is 0 Å². The topological polar surface area (TPSA) is 58.1 Å². The lowest BCUT2D eigenvalue weighted by Crippen LogP contribution is -2.37. The number of methoxy groups -OCH3 is 2. The molecule has 2 aromatic carbocycles. The third-order valence-electron chi connectivity index (χ3n) is 4.54. The summed E-state index contributed by atoms with van der Waals surface area (Å²) in [6.45, 7) is 2.58. The third-order valence-corrected chi connectivity index (χ3v) is 4.54. The number of hydrogen-bond donors (Lipinski definition) is 2. The van der Waals surface area contributed by atoms with Gasteiger partial charge < -0.3 is 25.0 Å². The molecule has 29 heavy (non-hydrogen) atoms. The van der Waals surface area contributed by atoms with Gasteiger partial charge in [0.05, 0.1) is 14.2 Å². The Morgan fingerprint density at radius 3 is 2.34 bits per heavy atom. The summed E-state index contributed by atoms with van der Waals surface area (Å²) in [7, 11) is 7.20. The van der Waals surface area contributed by atoms with Crippen LogP contribution in [0.3, 0.4) is 0 Å². The van der Waals surface area contributed by atoms with E-state index in [-0.39, 0.29) is 24.0 Å². The molecule has 0 aliphatic rings. The minimum atomic E-state index is 0. The normalized spacial score (nSPS) is 10.7. The van der Waals surface area contributed by atoms with Gasteiger partial charge in [-0.3, -0.25) is 4.99 Å². The van der Waals surface area contributed by atoms with Crippen molar-refractivity contribution in [3.63, 3.8) is 0 Å². The van der Waals surface area contributed by atoms with Gasteiger partial charge in [0.25, 0.3) is 0 Å². The highest BCUT2D eigenvalue weighted by Gasteiger charge is 2.05. The van der Waals surface area contributed by atoms with E-state index in [1.54, 1.807) is 21.3 Å². The number of benzene rings is 2. The first-order valence-electron chi connectivity index (χ1n) is 9.59. The van der Waals surface area contributed by atoms with Crippen LogP contribution in [0.2, 0.25) is 0 Å². The van der Waals surface area contributed by atoms with Crippen LogP contribution >= 0.6 is 24.0 Å². The average Bonchev–Trinajstić information content (AvgIpc) is 2.75. The SMILES string of the molecule is CN=C(NCCCCN(C)c1ccccc1)NCc1ccc(OC)c(OC)c1.I. The Balaban J connectivity index is 0.00000420. The van der Waals surface area contributed by atoms with Crippen LogP contribution in [0.25, 0.3) is 0 Å². The fourth-order valence-electron chi connectivity index (χ4n) is 2.89. The van der Waals surface area contributed by atoms with Gasteiger partial charge in [-0.05, 0) is 42.7 Å². The van der Waals surface area contributed by atoms with Gasteiger partial charge in [-0.1, -0.05) is 24.3 Å². The van der Waals surface area contributed by atoms with Gasteiger partial charge >= 0.3 is 0 Å². The van der Waals surface area contributed by atoms with E-state index in [0.29, 0.717) is 6.54 Å². The molecule has 6 nitrogen and oxygen atoms in total. The van der Waals surface area contributed by atoms with E-state index in [1.165, 1.54) is 5.69 Å². The molecule has 0 aliphatic carbocycles. The van der Waals surface area contributed by atoms with Crippen LogP contribution in [0.5, 0.6) is 11.5 Å². The van der Waals surface area contributed by atoms with Gasteiger partial charge in [0.1, 0.15) is 0 Å². The Bertz CT molecular complexity index is 741. The maximum atomic E-state index is 5.35. The highest BCUT2D eigenvalue weighted by Crippen LogP contribution is 2.27. The predicted octanol–water partition coefficient (Wildman–Crippen LogP) is 3.90. The molecule has 0 spiro atoms. The zero-order chi connectivity index (χ0) is 20.2. The summed E-state index contributed by atoms with van der Waals surface area (Å²) >= 11 is 0. The minimum absolute atomic E-state index is 0. The molecule has 7 heteroatoms. The number of anilines is 1. The summed E-state index contributed by atoms with van der Waals surface area (Å²) < 4.78 is 10.6. The molecule has 0 aliphatic heterocycles. The predicted molar refractivity (Wildman–Crippen MR) is 132 cm³/mol. The summed E-state index contributed by atoms with van der Waals surface area (Å²) in [5, 5.41) is 6.70. The van der Waals surface area contributed by atoms with E-state index in [9.17, 15) is 0 Å². The van der Waals surface area contributed by atoms with Gasteiger partial charge in [-0.25, -0.2) is 0 Å². The molecule has 2 rings (SSSR count). The quantitative estimate of drug-likeness (QED) is 0.219. The van der Waals surface area contributed by atoms with Gasteiger partial charge in [0, 0.05) is 39.4 Å². The Kier molecular flexibility index (Phi) is 11.9. The summed E-state index contributed by atoms with van der Waals surface area (Å²) in [4.78, 5) is 6.57. The molecule has 0 heterocycles. The maximum Gasteiger partial charge on any atom is 0.191 e. The lowest BCUT2D eigenvalue weighted by atomic mass is 10.2. The Labute approximate surface area is 191 Å². The van der Waals surface area contributed by atoms with Crippen molar-refractivity contribution in [1.82, 2.24) is 10.6 Å². The second-order valence-electron chi connectivity index (χ2n) is 6.51. The van der Waals surface area contributed by atoms with E-state index in [2.05, 4.69) is 51.8 Å². The van der Waals surface area contributed by atoms with E-state index in [4.69, 9.17) is 9.47 Å². The summed E-state index contributed by atoms with van der Waals surface area (Å²) in [5.74, 6) is 2.26. The van der Waals surface area contributed by atoms with Crippen LogP contribution in [0.15, 0.2) is 53.5 Å². The fraction of sp³-hybridized carbons (Fsp3) is 0.409. The monoisotopic (exact) mass is 512 g/mol. The zero-order valence-corrected chi connectivity index (χ0v) is 20.1. The molecule has 0 saturated carbocycles. The van der Waals surface area contributed by atoms with E-state index < -0.39 is 0 Å².